The van der Waals surface area contributed by atoms with Crippen molar-refractivity contribution in [3.63, 3.8) is 0 Å². The van der Waals surface area contributed by atoms with Crippen molar-refractivity contribution in [2.24, 2.45) is 0 Å². The zero-order chi connectivity index (χ0) is 21.5. The molecule has 1 fully saturated rings. The van der Waals surface area contributed by atoms with Crippen LogP contribution in [0.2, 0.25) is 0 Å². The molecule has 4 rings (SSSR count). The number of rotatable bonds is 8. The maximum Gasteiger partial charge on any atom is 0.108 e. The van der Waals surface area contributed by atoms with Gasteiger partial charge in [0.15, 0.2) is 0 Å². The Balaban J connectivity index is 1.38. The van der Waals surface area contributed by atoms with Gasteiger partial charge in [0.05, 0.1) is 12.2 Å². The quantitative estimate of drug-likeness (QED) is 0.523. The van der Waals surface area contributed by atoms with Gasteiger partial charge in [0.25, 0.3) is 0 Å². The Bertz CT molecular complexity index is 869. The molecule has 1 heterocycles. The topological polar surface area (TPSA) is 32.7 Å². The molecule has 1 aliphatic rings. The van der Waals surface area contributed by atoms with E-state index in [1.807, 2.05) is 12.1 Å². The van der Waals surface area contributed by atoms with Crippen molar-refractivity contribution >= 4 is 0 Å². The fourth-order valence-electron chi connectivity index (χ4n) is 4.38. The van der Waals surface area contributed by atoms with Gasteiger partial charge in [0.2, 0.25) is 0 Å². The Kier molecular flexibility index (Phi) is 7.52. The van der Waals surface area contributed by atoms with E-state index in [2.05, 4.69) is 77.7 Å². The first-order chi connectivity index (χ1) is 15.2. The molecule has 1 saturated heterocycles. The highest BCUT2D eigenvalue weighted by Crippen LogP contribution is 2.29. The van der Waals surface area contributed by atoms with Gasteiger partial charge in [-0.15, -0.1) is 0 Å². The molecule has 3 heteroatoms. The second-order valence-corrected chi connectivity index (χ2v) is 8.57. The van der Waals surface area contributed by atoms with E-state index in [0.717, 1.165) is 38.0 Å². The van der Waals surface area contributed by atoms with Crippen LogP contribution in [0.25, 0.3) is 0 Å². The van der Waals surface area contributed by atoms with Crippen molar-refractivity contribution in [3.05, 3.63) is 107 Å². The first-order valence-electron chi connectivity index (χ1n) is 11.4. The fourth-order valence-corrected chi connectivity index (χ4v) is 4.38. The van der Waals surface area contributed by atoms with Crippen molar-refractivity contribution in [2.75, 3.05) is 19.6 Å². The van der Waals surface area contributed by atoms with E-state index >= 15 is 0 Å². The molecule has 0 radical (unpaired) electrons. The highest BCUT2D eigenvalue weighted by atomic mass is 16.5. The third-order valence-corrected chi connectivity index (χ3v) is 6.17. The minimum absolute atomic E-state index is 0.0274. The number of aliphatic hydroxyl groups is 1. The molecule has 0 spiro atoms. The van der Waals surface area contributed by atoms with Crippen LogP contribution in [0.5, 0.6) is 0 Å². The lowest BCUT2D eigenvalue weighted by molar-refractivity contribution is -0.0330. The zero-order valence-corrected chi connectivity index (χ0v) is 18.4. The van der Waals surface area contributed by atoms with Crippen molar-refractivity contribution in [3.8, 4) is 0 Å². The van der Waals surface area contributed by atoms with Crippen molar-refractivity contribution in [1.82, 2.24) is 4.90 Å². The summed E-state index contributed by atoms with van der Waals surface area (Å²) in [4.78, 5) is 2.53. The third kappa shape index (κ3) is 6.04. The van der Waals surface area contributed by atoms with Gasteiger partial charge in [-0.1, -0.05) is 84.9 Å². The minimum atomic E-state index is -0.406. The Morgan fingerprint density at radius 2 is 1.48 bits per heavy atom. The predicted molar refractivity (Wildman–Crippen MR) is 126 cm³/mol. The smallest absolute Gasteiger partial charge is 0.108 e. The second kappa shape index (κ2) is 10.7. The van der Waals surface area contributed by atoms with Gasteiger partial charge in [-0.05, 0) is 55.0 Å². The highest BCUT2D eigenvalue weighted by Gasteiger charge is 2.25. The Morgan fingerprint density at radius 3 is 2.06 bits per heavy atom. The van der Waals surface area contributed by atoms with E-state index in [-0.39, 0.29) is 12.2 Å². The van der Waals surface area contributed by atoms with E-state index in [1.54, 1.807) is 6.92 Å². The van der Waals surface area contributed by atoms with Gasteiger partial charge in [0.1, 0.15) is 6.10 Å². The summed E-state index contributed by atoms with van der Waals surface area (Å²) in [6, 6.07) is 29.5. The number of benzene rings is 3. The van der Waals surface area contributed by atoms with Crippen LogP contribution in [0, 0.1) is 0 Å². The molecule has 31 heavy (non-hydrogen) atoms. The first kappa shape index (κ1) is 21.8. The van der Waals surface area contributed by atoms with Crippen LogP contribution in [-0.4, -0.2) is 35.7 Å². The number of hydrogen-bond acceptors (Lipinski definition) is 3. The van der Waals surface area contributed by atoms with E-state index in [4.69, 9.17) is 4.74 Å². The lowest BCUT2D eigenvalue weighted by atomic mass is 10.00. The van der Waals surface area contributed by atoms with Gasteiger partial charge in [-0.2, -0.15) is 0 Å². The number of nitrogens with zero attached hydrogens (tertiary/aromatic N) is 1. The molecule has 3 aromatic carbocycles. The van der Waals surface area contributed by atoms with E-state index in [0.29, 0.717) is 0 Å². The Labute approximate surface area is 186 Å². The van der Waals surface area contributed by atoms with Gasteiger partial charge < -0.3 is 14.7 Å². The summed E-state index contributed by atoms with van der Waals surface area (Å²) in [5.74, 6) is 0. The molecule has 2 unspecified atom stereocenters. The monoisotopic (exact) mass is 415 g/mol. The van der Waals surface area contributed by atoms with Crippen LogP contribution < -0.4 is 0 Å². The van der Waals surface area contributed by atoms with Crippen LogP contribution in [0.3, 0.4) is 0 Å². The number of piperidine rings is 1. The summed E-state index contributed by atoms with van der Waals surface area (Å²) in [7, 11) is 0. The largest absolute Gasteiger partial charge is 0.389 e. The number of likely N-dealkylation sites (tertiary alicyclic amines) is 1. The van der Waals surface area contributed by atoms with Crippen molar-refractivity contribution in [1.29, 1.82) is 0 Å². The number of aliphatic hydroxyl groups excluding tert-OH is 1. The van der Waals surface area contributed by atoms with E-state index in [9.17, 15) is 5.11 Å². The summed E-state index contributed by atoms with van der Waals surface area (Å²) in [5.41, 5.74) is 4.72. The van der Waals surface area contributed by atoms with Gasteiger partial charge in [0, 0.05) is 13.1 Å². The Morgan fingerprint density at radius 1 is 0.871 bits per heavy atom. The van der Waals surface area contributed by atoms with E-state index < -0.39 is 6.10 Å². The minimum Gasteiger partial charge on any atom is -0.389 e. The molecule has 0 amide bonds. The van der Waals surface area contributed by atoms with Crippen LogP contribution in [0.15, 0.2) is 84.9 Å². The first-order valence-corrected chi connectivity index (χ1v) is 11.4. The fraction of sp³-hybridized carbons (Fsp3) is 0.357. The molecule has 162 valence electrons. The van der Waals surface area contributed by atoms with Crippen LogP contribution in [-0.2, 0) is 11.2 Å². The molecular weight excluding hydrogens is 382 g/mol. The van der Waals surface area contributed by atoms with Crippen LogP contribution >= 0.6 is 0 Å². The van der Waals surface area contributed by atoms with Gasteiger partial charge >= 0.3 is 0 Å². The van der Waals surface area contributed by atoms with Gasteiger partial charge in [-0.3, -0.25) is 0 Å². The second-order valence-electron chi connectivity index (χ2n) is 8.57. The lowest BCUT2D eigenvalue weighted by Crippen LogP contribution is -2.41. The normalized spacial score (nSPS) is 18.2. The summed E-state index contributed by atoms with van der Waals surface area (Å²) >= 11 is 0. The SMILES string of the molecule is CC(O)c1ccc(CCN2CCCC(OC(c3ccccc3)c3ccccc3)C2)cc1. The maximum atomic E-state index is 9.69. The van der Waals surface area contributed by atoms with Gasteiger partial charge in [-0.25, -0.2) is 0 Å². The molecule has 3 nitrogen and oxygen atoms in total. The molecular formula is C28H33NO2. The third-order valence-electron chi connectivity index (χ3n) is 6.17. The molecule has 1 N–H and O–H groups in total. The molecule has 2 atom stereocenters. The maximum absolute atomic E-state index is 9.69. The molecule has 3 aromatic rings. The average Bonchev–Trinajstić information content (AvgIpc) is 2.83. The van der Waals surface area contributed by atoms with Crippen molar-refractivity contribution < 1.29 is 9.84 Å². The highest BCUT2D eigenvalue weighted by molar-refractivity contribution is 5.30. The average molecular weight is 416 g/mol. The molecule has 0 saturated carbocycles. The molecule has 0 aliphatic carbocycles. The Hall–Kier alpha value is -2.46. The molecule has 0 aromatic heterocycles. The van der Waals surface area contributed by atoms with Crippen molar-refractivity contribution in [2.45, 2.75) is 44.5 Å². The number of ether oxygens (including phenoxy) is 1. The predicted octanol–water partition coefficient (Wildman–Crippen LogP) is 5.55. The summed E-state index contributed by atoms with van der Waals surface area (Å²) in [6.07, 6.45) is 3.10. The lowest BCUT2D eigenvalue weighted by Gasteiger charge is -2.35. The summed E-state index contributed by atoms with van der Waals surface area (Å²) in [6.45, 7) is 4.95. The number of hydrogen-bond donors (Lipinski definition) is 1. The molecule has 1 aliphatic heterocycles. The molecule has 0 bridgehead atoms. The van der Waals surface area contributed by atoms with Crippen LogP contribution in [0.1, 0.15) is 54.2 Å². The zero-order valence-electron chi connectivity index (χ0n) is 18.4. The summed E-state index contributed by atoms with van der Waals surface area (Å²) < 4.78 is 6.72. The standard InChI is InChI=1S/C28H33NO2/c1-22(30)24-16-14-23(15-17-24)18-20-29-19-8-13-27(21-29)31-28(25-9-4-2-5-10-25)26-11-6-3-7-12-26/h2-7,9-12,14-17,22,27-28,30H,8,13,18-21H2,1H3. The summed E-state index contributed by atoms with van der Waals surface area (Å²) in [5, 5.41) is 9.69. The van der Waals surface area contributed by atoms with E-state index in [1.165, 1.54) is 23.1 Å². The van der Waals surface area contributed by atoms with Crippen LogP contribution in [0.4, 0.5) is 0 Å².